The smallest absolute Gasteiger partial charge is 0.272 e. The number of rotatable bonds is 4. The summed E-state index contributed by atoms with van der Waals surface area (Å²) < 4.78 is 38.1. The number of anilines is 1. The largest absolute Gasteiger partial charge is 0.416 e. The predicted molar refractivity (Wildman–Crippen MR) is 93.3 cm³/mol. The Morgan fingerprint density at radius 1 is 1.04 bits per heavy atom. The van der Waals surface area contributed by atoms with Gasteiger partial charge < -0.3 is 0 Å². The van der Waals surface area contributed by atoms with Gasteiger partial charge in [-0.2, -0.15) is 18.3 Å². The zero-order valence-corrected chi connectivity index (χ0v) is 13.2. The third kappa shape index (κ3) is 3.64. The van der Waals surface area contributed by atoms with Gasteiger partial charge in [-0.25, -0.2) is 0 Å². The second kappa shape index (κ2) is 6.83. The maximum atomic E-state index is 12.7. The van der Waals surface area contributed by atoms with Gasteiger partial charge in [-0.15, -0.1) is 0 Å². The highest BCUT2D eigenvalue weighted by atomic mass is 19.4. The molecule has 5 nitrogen and oxygen atoms in total. The van der Waals surface area contributed by atoms with E-state index in [1.807, 2.05) is 42.5 Å². The maximum Gasteiger partial charge on any atom is 0.416 e. The second-order valence-corrected chi connectivity index (χ2v) is 5.43. The van der Waals surface area contributed by atoms with E-state index in [0.717, 1.165) is 28.5 Å². The zero-order chi connectivity index (χ0) is 18.7. The molecular formula is C18H12F3N3O2. The van der Waals surface area contributed by atoms with Crippen molar-refractivity contribution in [1.82, 2.24) is 0 Å². The molecule has 0 fully saturated rings. The van der Waals surface area contributed by atoms with Gasteiger partial charge in [-0.3, -0.25) is 15.5 Å². The van der Waals surface area contributed by atoms with Gasteiger partial charge in [0, 0.05) is 11.6 Å². The summed E-state index contributed by atoms with van der Waals surface area (Å²) in [5.74, 6) is 0. The Morgan fingerprint density at radius 2 is 1.77 bits per heavy atom. The van der Waals surface area contributed by atoms with Crippen LogP contribution in [0.2, 0.25) is 0 Å². The molecule has 0 aliphatic heterocycles. The number of hydrogen-bond donors (Lipinski definition) is 1. The van der Waals surface area contributed by atoms with Gasteiger partial charge in [-0.1, -0.05) is 42.5 Å². The number of hydrogen-bond acceptors (Lipinski definition) is 4. The van der Waals surface area contributed by atoms with Crippen LogP contribution in [-0.2, 0) is 6.18 Å². The van der Waals surface area contributed by atoms with Crippen molar-refractivity contribution >= 4 is 28.4 Å². The molecule has 0 spiro atoms. The minimum Gasteiger partial charge on any atom is -0.272 e. The number of halogens is 3. The Hall–Kier alpha value is -3.42. The maximum absolute atomic E-state index is 12.7. The number of alkyl halides is 3. The fraction of sp³-hybridized carbons (Fsp3) is 0.0556. The molecule has 132 valence electrons. The monoisotopic (exact) mass is 359 g/mol. The van der Waals surface area contributed by atoms with Gasteiger partial charge in [0.25, 0.3) is 5.69 Å². The lowest BCUT2D eigenvalue weighted by molar-refractivity contribution is -0.384. The third-order valence-corrected chi connectivity index (χ3v) is 3.73. The molecule has 0 heterocycles. The number of benzene rings is 3. The highest BCUT2D eigenvalue weighted by Gasteiger charge is 2.33. The lowest BCUT2D eigenvalue weighted by Crippen LogP contribution is -2.06. The van der Waals surface area contributed by atoms with Gasteiger partial charge in [0.2, 0.25) is 0 Å². The van der Waals surface area contributed by atoms with Gasteiger partial charge in [0.05, 0.1) is 16.7 Å². The van der Waals surface area contributed by atoms with Crippen LogP contribution in [0, 0.1) is 10.1 Å². The lowest BCUT2D eigenvalue weighted by atomic mass is 10.1. The van der Waals surface area contributed by atoms with Crippen LogP contribution in [-0.4, -0.2) is 11.1 Å². The lowest BCUT2D eigenvalue weighted by Gasteiger charge is -2.08. The van der Waals surface area contributed by atoms with Crippen molar-refractivity contribution in [2.45, 2.75) is 6.18 Å². The molecular weight excluding hydrogens is 347 g/mol. The summed E-state index contributed by atoms with van der Waals surface area (Å²) >= 11 is 0. The van der Waals surface area contributed by atoms with Crippen LogP contribution in [0.15, 0.2) is 65.8 Å². The third-order valence-electron chi connectivity index (χ3n) is 3.73. The van der Waals surface area contributed by atoms with E-state index in [0.29, 0.717) is 6.07 Å². The molecule has 3 rings (SSSR count). The molecule has 8 heteroatoms. The molecule has 0 aliphatic carbocycles. The Labute approximate surface area is 145 Å². The van der Waals surface area contributed by atoms with Crippen molar-refractivity contribution in [1.29, 1.82) is 0 Å². The summed E-state index contributed by atoms with van der Waals surface area (Å²) in [6.45, 7) is 0. The summed E-state index contributed by atoms with van der Waals surface area (Å²) in [4.78, 5) is 10.2. The van der Waals surface area contributed by atoms with Gasteiger partial charge in [0.1, 0.15) is 5.69 Å². The average molecular weight is 359 g/mol. The minimum absolute atomic E-state index is 0.125. The average Bonchev–Trinajstić information content (AvgIpc) is 2.61. The normalized spacial score (nSPS) is 11.8. The molecule has 1 N–H and O–H groups in total. The quantitative estimate of drug-likeness (QED) is 0.395. The van der Waals surface area contributed by atoms with E-state index in [1.54, 1.807) is 0 Å². The minimum atomic E-state index is -4.66. The first kappa shape index (κ1) is 17.4. The van der Waals surface area contributed by atoms with E-state index in [9.17, 15) is 23.3 Å². The summed E-state index contributed by atoms with van der Waals surface area (Å²) in [7, 11) is 0. The van der Waals surface area contributed by atoms with Crippen LogP contribution in [0.5, 0.6) is 0 Å². The number of nitrogens with one attached hydrogen (secondary N) is 1. The van der Waals surface area contributed by atoms with Crippen LogP contribution < -0.4 is 5.43 Å². The molecule has 0 aromatic heterocycles. The summed E-state index contributed by atoms with van der Waals surface area (Å²) in [6, 6.07) is 15.4. The first-order chi connectivity index (χ1) is 12.4. The topological polar surface area (TPSA) is 67.5 Å². The highest BCUT2D eigenvalue weighted by molar-refractivity contribution is 5.99. The summed E-state index contributed by atoms with van der Waals surface area (Å²) in [5.41, 5.74) is 1.30. The molecule has 3 aromatic carbocycles. The van der Waals surface area contributed by atoms with Crippen LogP contribution in [0.1, 0.15) is 11.1 Å². The van der Waals surface area contributed by atoms with Crippen molar-refractivity contribution < 1.29 is 18.1 Å². The number of nitrogens with zero attached hydrogens (tertiary/aromatic N) is 2. The summed E-state index contributed by atoms with van der Waals surface area (Å²) in [6.07, 6.45) is -3.20. The SMILES string of the molecule is O=[N+]([O-])c1cc(C(F)(F)F)ccc1N/N=C/c1cccc2ccccc12. The van der Waals surface area contributed by atoms with Gasteiger partial charge in [0.15, 0.2) is 0 Å². The van der Waals surface area contributed by atoms with Crippen LogP contribution in [0.3, 0.4) is 0 Å². The van der Waals surface area contributed by atoms with E-state index in [2.05, 4.69) is 10.5 Å². The Morgan fingerprint density at radius 3 is 2.50 bits per heavy atom. The van der Waals surface area contributed by atoms with Crippen molar-refractivity contribution in [3.63, 3.8) is 0 Å². The number of hydrazone groups is 1. The highest BCUT2D eigenvalue weighted by Crippen LogP contribution is 2.34. The van der Waals surface area contributed by atoms with E-state index in [1.165, 1.54) is 6.21 Å². The van der Waals surface area contributed by atoms with E-state index in [-0.39, 0.29) is 5.69 Å². The number of nitro groups is 1. The van der Waals surface area contributed by atoms with Crippen molar-refractivity contribution in [3.8, 4) is 0 Å². The molecule has 0 saturated heterocycles. The number of nitro benzene ring substituents is 1. The molecule has 0 amide bonds. The molecule has 0 unspecified atom stereocenters. The fourth-order valence-electron chi connectivity index (χ4n) is 2.49. The predicted octanol–water partition coefficient (Wildman–Crippen LogP) is 5.21. The zero-order valence-electron chi connectivity index (χ0n) is 13.2. The summed E-state index contributed by atoms with van der Waals surface area (Å²) in [5, 5.41) is 16.9. The molecule has 0 atom stereocenters. The van der Waals surface area contributed by atoms with Crippen molar-refractivity contribution in [2.24, 2.45) is 5.10 Å². The standard InChI is InChI=1S/C18H12F3N3O2/c19-18(20,21)14-8-9-16(17(10-14)24(25)26)23-22-11-13-6-3-5-12-4-1-2-7-15(12)13/h1-11,23H/b22-11+. The molecule has 0 radical (unpaired) electrons. The Balaban J connectivity index is 1.89. The van der Waals surface area contributed by atoms with Crippen LogP contribution in [0.4, 0.5) is 24.5 Å². The van der Waals surface area contributed by atoms with Crippen molar-refractivity contribution in [3.05, 3.63) is 81.9 Å². The second-order valence-electron chi connectivity index (χ2n) is 5.43. The molecule has 3 aromatic rings. The van der Waals surface area contributed by atoms with Crippen LogP contribution in [0.25, 0.3) is 10.8 Å². The molecule has 0 bridgehead atoms. The molecule has 0 saturated carbocycles. The first-order valence-electron chi connectivity index (χ1n) is 7.49. The van der Waals surface area contributed by atoms with E-state index >= 15 is 0 Å². The van der Waals surface area contributed by atoms with Crippen LogP contribution >= 0.6 is 0 Å². The molecule has 26 heavy (non-hydrogen) atoms. The Bertz CT molecular complexity index is 995. The van der Waals surface area contributed by atoms with E-state index < -0.39 is 22.4 Å². The fourth-order valence-corrected chi connectivity index (χ4v) is 2.49. The van der Waals surface area contributed by atoms with Crippen molar-refractivity contribution in [2.75, 3.05) is 5.43 Å². The first-order valence-corrected chi connectivity index (χ1v) is 7.49. The Kier molecular flexibility index (Phi) is 4.57. The van der Waals surface area contributed by atoms with E-state index in [4.69, 9.17) is 0 Å². The number of fused-ring (bicyclic) bond motifs is 1. The molecule has 0 aliphatic rings. The van der Waals surface area contributed by atoms with Gasteiger partial charge in [-0.05, 0) is 22.9 Å². The van der Waals surface area contributed by atoms with Gasteiger partial charge >= 0.3 is 6.18 Å².